The number of rotatable bonds is 6. The van der Waals surface area contributed by atoms with Gasteiger partial charge in [-0.3, -0.25) is 9.00 Å². The van der Waals surface area contributed by atoms with Gasteiger partial charge in [0.1, 0.15) is 4.58 Å². The van der Waals surface area contributed by atoms with Gasteiger partial charge in [0.15, 0.2) is 5.60 Å². The second kappa shape index (κ2) is 8.48. The number of hydrogen-bond acceptors (Lipinski definition) is 4. The summed E-state index contributed by atoms with van der Waals surface area (Å²) in [5, 5.41) is 0. The van der Waals surface area contributed by atoms with E-state index in [1.807, 2.05) is 0 Å². The molecule has 3 nitrogen and oxygen atoms in total. The van der Waals surface area contributed by atoms with Gasteiger partial charge in [0, 0.05) is 35.1 Å². The van der Waals surface area contributed by atoms with Crippen molar-refractivity contribution in [2.24, 2.45) is 0 Å². The Morgan fingerprint density at radius 2 is 1.48 bits per heavy atom. The molecular formula is C19H19F3O3S2. The van der Waals surface area contributed by atoms with E-state index in [9.17, 15) is 22.2 Å². The molecule has 27 heavy (non-hydrogen) atoms. The van der Waals surface area contributed by atoms with E-state index in [2.05, 4.69) is 0 Å². The fraction of sp³-hybridized carbons (Fsp3) is 0.316. The lowest BCUT2D eigenvalue weighted by atomic mass is 9.86. The number of benzene rings is 2. The van der Waals surface area contributed by atoms with Crippen molar-refractivity contribution in [3.05, 3.63) is 71.3 Å². The summed E-state index contributed by atoms with van der Waals surface area (Å²) in [5.74, 6) is -0.622. The minimum absolute atomic E-state index is 0.325. The van der Waals surface area contributed by atoms with Crippen molar-refractivity contribution < 1.29 is 26.9 Å². The summed E-state index contributed by atoms with van der Waals surface area (Å²) in [5.41, 5.74) is -1.44. The summed E-state index contributed by atoms with van der Waals surface area (Å²) in [6.45, 7) is 1.22. The van der Waals surface area contributed by atoms with Gasteiger partial charge in [-0.15, -0.1) is 11.8 Å². The second-order valence-corrected chi connectivity index (χ2v) is 8.55. The topological polar surface area (TPSA) is 43.4 Å². The van der Waals surface area contributed by atoms with Crippen LogP contribution in [0.5, 0.6) is 0 Å². The van der Waals surface area contributed by atoms with Gasteiger partial charge in [0.2, 0.25) is 0 Å². The third-order valence-electron chi connectivity index (χ3n) is 4.00. The highest BCUT2D eigenvalue weighted by molar-refractivity contribution is 8.10. The van der Waals surface area contributed by atoms with Crippen LogP contribution in [-0.2, 0) is 32.1 Å². The summed E-state index contributed by atoms with van der Waals surface area (Å²) in [4.78, 5) is 12.0. The quantitative estimate of drug-likeness (QED) is 0.647. The van der Waals surface area contributed by atoms with Gasteiger partial charge < -0.3 is 4.74 Å². The number of alkyl halides is 3. The molecule has 0 spiro atoms. The van der Waals surface area contributed by atoms with Crippen LogP contribution in [0.25, 0.3) is 0 Å². The maximum absolute atomic E-state index is 13.0. The first-order valence-electron chi connectivity index (χ1n) is 7.90. The monoisotopic (exact) mass is 416 g/mol. The number of carbonyl (C=O) groups excluding carboxylic acids is 1. The zero-order chi connectivity index (χ0) is 20.2. The van der Waals surface area contributed by atoms with Crippen LogP contribution >= 0.6 is 11.8 Å². The van der Waals surface area contributed by atoms with E-state index >= 15 is 0 Å². The summed E-state index contributed by atoms with van der Waals surface area (Å²) >= 11 is 1.23. The Hall–Kier alpha value is -1.80. The Morgan fingerprint density at radius 3 is 1.89 bits per heavy atom. The average molecular weight is 416 g/mol. The zero-order valence-electron chi connectivity index (χ0n) is 14.9. The third kappa shape index (κ3) is 4.55. The predicted molar refractivity (Wildman–Crippen MR) is 102 cm³/mol. The van der Waals surface area contributed by atoms with Crippen LogP contribution in [-0.4, -0.2) is 27.3 Å². The van der Waals surface area contributed by atoms with Crippen LogP contribution in [0.15, 0.2) is 54.6 Å². The van der Waals surface area contributed by atoms with E-state index in [4.69, 9.17) is 4.74 Å². The Morgan fingerprint density at radius 1 is 1.00 bits per heavy atom. The van der Waals surface area contributed by atoms with Gasteiger partial charge in [-0.1, -0.05) is 42.5 Å². The predicted octanol–water partition coefficient (Wildman–Crippen LogP) is 4.58. The minimum Gasteiger partial charge on any atom is -0.447 e. The van der Waals surface area contributed by atoms with Crippen molar-refractivity contribution in [3.8, 4) is 0 Å². The molecule has 0 bridgehead atoms. The van der Waals surface area contributed by atoms with Gasteiger partial charge in [0.05, 0.1) is 5.56 Å². The van der Waals surface area contributed by atoms with Crippen molar-refractivity contribution in [1.82, 2.24) is 0 Å². The Balaban J connectivity index is 2.77. The van der Waals surface area contributed by atoms with Crippen molar-refractivity contribution in [1.29, 1.82) is 0 Å². The molecule has 0 fully saturated rings. The molecule has 0 aliphatic carbocycles. The van der Waals surface area contributed by atoms with Gasteiger partial charge in [-0.2, -0.15) is 13.2 Å². The summed E-state index contributed by atoms with van der Waals surface area (Å²) in [6.07, 6.45) is -1.29. The van der Waals surface area contributed by atoms with Crippen LogP contribution in [0, 0.1) is 0 Å². The van der Waals surface area contributed by atoms with Crippen molar-refractivity contribution in [2.75, 3.05) is 12.5 Å². The van der Waals surface area contributed by atoms with Crippen molar-refractivity contribution >= 4 is 28.5 Å². The van der Waals surface area contributed by atoms with Crippen molar-refractivity contribution in [2.45, 2.75) is 23.3 Å². The van der Waals surface area contributed by atoms with Gasteiger partial charge in [-0.05, 0) is 18.4 Å². The molecular weight excluding hydrogens is 397 g/mol. The van der Waals surface area contributed by atoms with E-state index in [-0.39, 0.29) is 0 Å². The molecule has 0 aliphatic heterocycles. The Kier molecular flexibility index (Phi) is 6.75. The van der Waals surface area contributed by atoms with Gasteiger partial charge in [-0.25, -0.2) is 0 Å². The molecule has 8 heteroatoms. The van der Waals surface area contributed by atoms with Gasteiger partial charge >= 0.3 is 12.1 Å². The van der Waals surface area contributed by atoms with Crippen LogP contribution < -0.4 is 0 Å². The van der Waals surface area contributed by atoms with E-state index < -0.39 is 38.7 Å². The Labute approximate surface area is 162 Å². The number of thioether (sulfide) groups is 1. The maximum Gasteiger partial charge on any atom is 0.416 e. The molecule has 0 N–H and O–H groups in total. The third-order valence-corrected chi connectivity index (χ3v) is 7.08. The maximum atomic E-state index is 13.0. The Bertz CT molecular complexity index is 807. The largest absolute Gasteiger partial charge is 0.447 e. The summed E-state index contributed by atoms with van der Waals surface area (Å²) < 4.78 is 56.4. The number of halogens is 3. The molecule has 2 aromatic carbocycles. The highest BCUT2D eigenvalue weighted by atomic mass is 32.2. The smallest absolute Gasteiger partial charge is 0.416 e. The molecule has 0 saturated carbocycles. The average Bonchev–Trinajstić information content (AvgIpc) is 2.61. The van der Waals surface area contributed by atoms with E-state index in [1.165, 1.54) is 37.1 Å². The standard InChI is InChI=1S/C19H19F3O3S2/c1-13(23)25-18(17(26-2)27(3)24,14-7-5-4-6-8-14)15-9-11-16(12-10-15)19(20,21)22/h4-12,17H,1-3H3. The molecule has 3 atom stereocenters. The van der Waals surface area contributed by atoms with E-state index in [1.54, 1.807) is 36.6 Å². The summed E-state index contributed by atoms with van der Waals surface area (Å²) in [7, 11) is -1.45. The molecule has 0 aromatic heterocycles. The molecule has 0 saturated heterocycles. The molecule has 2 rings (SSSR count). The first-order chi connectivity index (χ1) is 12.6. The normalized spacial score (nSPS) is 16.2. The van der Waals surface area contributed by atoms with Gasteiger partial charge in [0.25, 0.3) is 0 Å². The molecule has 0 amide bonds. The molecule has 146 valence electrons. The fourth-order valence-corrected chi connectivity index (χ4v) is 5.48. The molecule has 3 unspecified atom stereocenters. The van der Waals surface area contributed by atoms with Crippen LogP contribution in [0.4, 0.5) is 13.2 Å². The van der Waals surface area contributed by atoms with E-state index in [0.29, 0.717) is 11.1 Å². The highest BCUT2D eigenvalue weighted by Gasteiger charge is 2.48. The first-order valence-corrected chi connectivity index (χ1v) is 10.8. The number of esters is 1. The highest BCUT2D eigenvalue weighted by Crippen LogP contribution is 2.44. The lowest BCUT2D eigenvalue weighted by Crippen LogP contribution is -2.44. The lowest BCUT2D eigenvalue weighted by molar-refractivity contribution is -0.152. The fourth-order valence-electron chi connectivity index (χ4n) is 2.96. The van der Waals surface area contributed by atoms with Crippen LogP contribution in [0.2, 0.25) is 0 Å². The summed E-state index contributed by atoms with van der Waals surface area (Å²) in [6, 6.07) is 13.1. The van der Waals surface area contributed by atoms with Crippen molar-refractivity contribution in [3.63, 3.8) is 0 Å². The van der Waals surface area contributed by atoms with E-state index in [0.717, 1.165) is 12.1 Å². The number of ether oxygens (including phenoxy) is 1. The number of hydrogen-bond donors (Lipinski definition) is 0. The van der Waals surface area contributed by atoms with Crippen LogP contribution in [0.3, 0.4) is 0 Å². The minimum atomic E-state index is -4.48. The zero-order valence-corrected chi connectivity index (χ0v) is 16.6. The second-order valence-electron chi connectivity index (χ2n) is 5.84. The molecule has 0 aliphatic rings. The SMILES string of the molecule is CSC(S(C)=O)C(OC(C)=O)(c1ccccc1)c1ccc(C(F)(F)F)cc1. The first kappa shape index (κ1) is 21.5. The van der Waals surface area contributed by atoms with Crippen LogP contribution in [0.1, 0.15) is 23.6 Å². The lowest BCUT2D eigenvalue weighted by Gasteiger charge is -2.39. The molecule has 0 radical (unpaired) electrons. The molecule has 0 heterocycles. The number of carbonyl (C=O) groups is 1. The molecule has 2 aromatic rings.